The molecule has 1 amide bonds. The SMILES string of the molecule is CN(Cc1cccnc1)C(=O)c1cccc(OC(F)F)c1. The predicted molar refractivity (Wildman–Crippen MR) is 73.1 cm³/mol. The van der Waals surface area contributed by atoms with Crippen molar-refractivity contribution >= 4 is 5.91 Å². The van der Waals surface area contributed by atoms with Gasteiger partial charge in [0, 0.05) is 31.5 Å². The Hall–Kier alpha value is -2.50. The Labute approximate surface area is 121 Å². The number of amides is 1. The van der Waals surface area contributed by atoms with E-state index < -0.39 is 6.61 Å². The molecule has 1 aromatic heterocycles. The summed E-state index contributed by atoms with van der Waals surface area (Å²) < 4.78 is 28.6. The Morgan fingerprint density at radius 1 is 1.33 bits per heavy atom. The summed E-state index contributed by atoms with van der Waals surface area (Å²) in [5, 5.41) is 0. The van der Waals surface area contributed by atoms with E-state index >= 15 is 0 Å². The first-order chi connectivity index (χ1) is 10.1. The van der Waals surface area contributed by atoms with Gasteiger partial charge < -0.3 is 9.64 Å². The molecule has 2 rings (SSSR count). The van der Waals surface area contributed by atoms with E-state index in [0.29, 0.717) is 12.1 Å². The lowest BCUT2D eigenvalue weighted by molar-refractivity contribution is -0.0499. The van der Waals surface area contributed by atoms with Crippen LogP contribution in [0.1, 0.15) is 15.9 Å². The van der Waals surface area contributed by atoms with Crippen molar-refractivity contribution in [3.63, 3.8) is 0 Å². The molecule has 21 heavy (non-hydrogen) atoms. The lowest BCUT2D eigenvalue weighted by atomic mass is 10.2. The number of benzene rings is 1. The molecule has 4 nitrogen and oxygen atoms in total. The van der Waals surface area contributed by atoms with Gasteiger partial charge in [-0.25, -0.2) is 0 Å². The van der Waals surface area contributed by atoms with Crippen molar-refractivity contribution in [1.82, 2.24) is 9.88 Å². The smallest absolute Gasteiger partial charge is 0.387 e. The molecule has 0 fully saturated rings. The third-order valence-electron chi connectivity index (χ3n) is 2.80. The molecular formula is C15H14F2N2O2. The van der Waals surface area contributed by atoms with Gasteiger partial charge in [0.2, 0.25) is 0 Å². The number of aromatic nitrogens is 1. The maximum Gasteiger partial charge on any atom is 0.387 e. The number of hydrogen-bond acceptors (Lipinski definition) is 3. The maximum absolute atomic E-state index is 12.2. The van der Waals surface area contributed by atoms with Crippen LogP contribution in [-0.2, 0) is 6.54 Å². The molecule has 0 unspecified atom stereocenters. The summed E-state index contributed by atoms with van der Waals surface area (Å²) >= 11 is 0. The summed E-state index contributed by atoms with van der Waals surface area (Å²) in [6, 6.07) is 9.37. The second-order valence-electron chi connectivity index (χ2n) is 4.43. The molecule has 0 aliphatic carbocycles. The van der Waals surface area contributed by atoms with Gasteiger partial charge in [-0.15, -0.1) is 0 Å². The fraction of sp³-hybridized carbons (Fsp3) is 0.200. The van der Waals surface area contributed by atoms with E-state index in [4.69, 9.17) is 0 Å². The highest BCUT2D eigenvalue weighted by molar-refractivity contribution is 5.94. The summed E-state index contributed by atoms with van der Waals surface area (Å²) in [5.74, 6) is -0.316. The topological polar surface area (TPSA) is 42.4 Å². The number of nitrogens with zero attached hydrogens (tertiary/aromatic N) is 2. The number of carbonyl (C=O) groups excluding carboxylic acids is 1. The normalized spacial score (nSPS) is 10.5. The third kappa shape index (κ3) is 4.24. The average molecular weight is 292 g/mol. The Bertz CT molecular complexity index is 606. The Balaban J connectivity index is 2.08. The standard InChI is InChI=1S/C15H14F2N2O2/c1-19(10-11-4-3-7-18-9-11)14(20)12-5-2-6-13(8-12)21-15(16)17/h2-9,15H,10H2,1H3. The molecule has 0 saturated heterocycles. The van der Waals surface area contributed by atoms with Gasteiger partial charge in [0.15, 0.2) is 0 Å². The van der Waals surface area contributed by atoms with E-state index in [1.165, 1.54) is 23.1 Å². The first-order valence-corrected chi connectivity index (χ1v) is 6.25. The zero-order chi connectivity index (χ0) is 15.2. The first-order valence-electron chi connectivity index (χ1n) is 6.25. The molecular weight excluding hydrogens is 278 g/mol. The van der Waals surface area contributed by atoms with E-state index in [9.17, 15) is 13.6 Å². The van der Waals surface area contributed by atoms with Gasteiger partial charge in [0.25, 0.3) is 5.91 Å². The number of carbonyl (C=O) groups is 1. The molecule has 1 heterocycles. The number of rotatable bonds is 5. The maximum atomic E-state index is 12.2. The molecule has 0 aliphatic heterocycles. The molecule has 110 valence electrons. The van der Waals surface area contributed by atoms with E-state index in [-0.39, 0.29) is 11.7 Å². The molecule has 0 spiro atoms. The molecule has 6 heteroatoms. The number of hydrogen-bond donors (Lipinski definition) is 0. The molecule has 0 radical (unpaired) electrons. The zero-order valence-electron chi connectivity index (χ0n) is 11.4. The van der Waals surface area contributed by atoms with Gasteiger partial charge in [-0.1, -0.05) is 12.1 Å². The molecule has 0 bridgehead atoms. The Morgan fingerprint density at radius 3 is 2.81 bits per heavy atom. The van der Waals surface area contributed by atoms with Crippen molar-refractivity contribution in [3.8, 4) is 5.75 Å². The van der Waals surface area contributed by atoms with Crippen molar-refractivity contribution < 1.29 is 18.3 Å². The number of alkyl halides is 2. The Morgan fingerprint density at radius 2 is 2.14 bits per heavy atom. The molecule has 0 atom stereocenters. The Kier molecular flexibility index (Phi) is 4.81. The summed E-state index contributed by atoms with van der Waals surface area (Å²) in [7, 11) is 1.63. The summed E-state index contributed by atoms with van der Waals surface area (Å²) in [6.45, 7) is -2.53. The lowest BCUT2D eigenvalue weighted by Crippen LogP contribution is -2.26. The van der Waals surface area contributed by atoms with E-state index in [1.54, 1.807) is 31.6 Å². The van der Waals surface area contributed by atoms with Gasteiger partial charge in [0.05, 0.1) is 0 Å². The van der Waals surface area contributed by atoms with Crippen LogP contribution in [0.15, 0.2) is 48.8 Å². The van der Waals surface area contributed by atoms with Crippen LogP contribution in [0.3, 0.4) is 0 Å². The number of ether oxygens (including phenoxy) is 1. The van der Waals surface area contributed by atoms with Crippen LogP contribution in [0.2, 0.25) is 0 Å². The van der Waals surface area contributed by atoms with Crippen LogP contribution in [0, 0.1) is 0 Å². The summed E-state index contributed by atoms with van der Waals surface area (Å²) in [5.41, 5.74) is 1.17. The van der Waals surface area contributed by atoms with Gasteiger partial charge in [-0.2, -0.15) is 8.78 Å². The summed E-state index contributed by atoms with van der Waals surface area (Å²) in [4.78, 5) is 17.7. The number of halogens is 2. The van der Waals surface area contributed by atoms with E-state index in [1.807, 2.05) is 6.07 Å². The van der Waals surface area contributed by atoms with Gasteiger partial charge in [-0.3, -0.25) is 9.78 Å². The lowest BCUT2D eigenvalue weighted by Gasteiger charge is -2.17. The fourth-order valence-electron chi connectivity index (χ4n) is 1.86. The number of pyridine rings is 1. The second kappa shape index (κ2) is 6.78. The van der Waals surface area contributed by atoms with Crippen molar-refractivity contribution in [2.75, 3.05) is 7.05 Å². The molecule has 0 N–H and O–H groups in total. The third-order valence-corrected chi connectivity index (χ3v) is 2.80. The van der Waals surface area contributed by atoms with E-state index in [2.05, 4.69) is 9.72 Å². The van der Waals surface area contributed by atoms with Crippen molar-refractivity contribution in [1.29, 1.82) is 0 Å². The minimum absolute atomic E-state index is 0.0365. The molecule has 2 aromatic rings. The minimum atomic E-state index is -2.91. The largest absolute Gasteiger partial charge is 0.435 e. The van der Waals surface area contributed by atoms with Crippen molar-refractivity contribution in [2.45, 2.75) is 13.2 Å². The molecule has 0 saturated carbocycles. The van der Waals surface area contributed by atoms with Gasteiger partial charge in [0.1, 0.15) is 5.75 Å². The average Bonchev–Trinajstić information content (AvgIpc) is 2.47. The predicted octanol–water partition coefficient (Wildman–Crippen LogP) is 2.96. The highest BCUT2D eigenvalue weighted by Gasteiger charge is 2.14. The first kappa shape index (κ1) is 14.9. The van der Waals surface area contributed by atoms with Crippen LogP contribution < -0.4 is 4.74 Å². The van der Waals surface area contributed by atoms with Gasteiger partial charge in [-0.05, 0) is 29.8 Å². The van der Waals surface area contributed by atoms with Gasteiger partial charge >= 0.3 is 6.61 Å². The highest BCUT2D eigenvalue weighted by atomic mass is 19.3. The summed E-state index contributed by atoms with van der Waals surface area (Å²) in [6.07, 6.45) is 3.32. The minimum Gasteiger partial charge on any atom is -0.435 e. The van der Waals surface area contributed by atoms with E-state index in [0.717, 1.165) is 5.56 Å². The molecule has 0 aliphatic rings. The van der Waals surface area contributed by atoms with Crippen LogP contribution in [0.25, 0.3) is 0 Å². The quantitative estimate of drug-likeness (QED) is 0.851. The van der Waals surface area contributed by atoms with Crippen molar-refractivity contribution in [2.24, 2.45) is 0 Å². The van der Waals surface area contributed by atoms with Crippen LogP contribution in [0.5, 0.6) is 5.75 Å². The molecule has 1 aromatic carbocycles. The monoisotopic (exact) mass is 292 g/mol. The zero-order valence-corrected chi connectivity index (χ0v) is 11.4. The van der Waals surface area contributed by atoms with Crippen molar-refractivity contribution in [3.05, 3.63) is 59.9 Å². The van der Waals surface area contributed by atoms with Crippen LogP contribution in [0.4, 0.5) is 8.78 Å². The van der Waals surface area contributed by atoms with Crippen LogP contribution in [-0.4, -0.2) is 29.5 Å². The highest BCUT2D eigenvalue weighted by Crippen LogP contribution is 2.17. The second-order valence-corrected chi connectivity index (χ2v) is 4.43. The fourth-order valence-corrected chi connectivity index (χ4v) is 1.86. The van der Waals surface area contributed by atoms with Crippen LogP contribution >= 0.6 is 0 Å².